The lowest BCUT2D eigenvalue weighted by atomic mass is 10.1. The summed E-state index contributed by atoms with van der Waals surface area (Å²) in [5, 5.41) is 11.4. The number of aryl methyl sites for hydroxylation is 2. The third kappa shape index (κ3) is 1.66. The van der Waals surface area contributed by atoms with Crippen LogP contribution < -0.4 is 5.32 Å². The summed E-state index contributed by atoms with van der Waals surface area (Å²) in [5.74, 6) is 0. The third-order valence-electron chi connectivity index (χ3n) is 3.47. The predicted molar refractivity (Wildman–Crippen MR) is 73.6 cm³/mol. The third-order valence-corrected chi connectivity index (χ3v) is 3.47. The van der Waals surface area contributed by atoms with E-state index in [4.69, 9.17) is 0 Å². The van der Waals surface area contributed by atoms with E-state index in [1.807, 2.05) is 6.20 Å². The molecule has 18 heavy (non-hydrogen) atoms. The lowest BCUT2D eigenvalue weighted by molar-refractivity contribution is 0.862. The summed E-state index contributed by atoms with van der Waals surface area (Å²) in [5.41, 5.74) is 4.93. The molecule has 0 bridgehead atoms. The summed E-state index contributed by atoms with van der Waals surface area (Å²) in [7, 11) is 2.11. The fraction of sp³-hybridized carbons (Fsp3) is 0.214. The summed E-state index contributed by atoms with van der Waals surface area (Å²) >= 11 is 0. The summed E-state index contributed by atoms with van der Waals surface area (Å²) in [6.07, 6.45) is 3.65. The Morgan fingerprint density at radius 1 is 1.33 bits per heavy atom. The molecule has 0 atom stereocenters. The van der Waals surface area contributed by atoms with Crippen LogP contribution in [0.1, 0.15) is 11.3 Å². The Morgan fingerprint density at radius 3 is 2.89 bits per heavy atom. The zero-order valence-corrected chi connectivity index (χ0v) is 10.6. The minimum Gasteiger partial charge on any atom is -0.377 e. The van der Waals surface area contributed by atoms with Crippen molar-refractivity contribution in [2.45, 2.75) is 13.5 Å². The van der Waals surface area contributed by atoms with Gasteiger partial charge in [0.2, 0.25) is 0 Å². The zero-order chi connectivity index (χ0) is 12.5. The van der Waals surface area contributed by atoms with Crippen molar-refractivity contribution < 1.29 is 0 Å². The molecule has 0 aliphatic carbocycles. The molecule has 0 aliphatic heterocycles. The number of rotatable bonds is 3. The minimum atomic E-state index is 0.802. The maximum atomic E-state index is 3.93. The summed E-state index contributed by atoms with van der Waals surface area (Å²) in [6.45, 7) is 2.98. The Kier molecular flexibility index (Phi) is 2.55. The smallest absolute Gasteiger partial charge is 0.0726 e. The Balaban J connectivity index is 1.96. The number of aromatic amines is 1. The molecule has 0 aliphatic rings. The molecule has 2 N–H and O–H groups in total. The average molecular weight is 240 g/mol. The van der Waals surface area contributed by atoms with Gasteiger partial charge in [0.05, 0.1) is 18.4 Å². The molecule has 2 aromatic heterocycles. The molecule has 3 rings (SSSR count). The topological polar surface area (TPSA) is 45.6 Å². The molecule has 0 radical (unpaired) electrons. The monoisotopic (exact) mass is 240 g/mol. The molecular formula is C14H16N4. The van der Waals surface area contributed by atoms with Gasteiger partial charge in [-0.25, -0.2) is 0 Å². The van der Waals surface area contributed by atoms with Crippen LogP contribution in [0.2, 0.25) is 0 Å². The molecule has 0 amide bonds. The van der Waals surface area contributed by atoms with Gasteiger partial charge in [0, 0.05) is 29.8 Å². The van der Waals surface area contributed by atoms with Crippen LogP contribution in [0, 0.1) is 6.92 Å². The molecule has 1 aromatic carbocycles. The van der Waals surface area contributed by atoms with Crippen LogP contribution in [0.25, 0.3) is 10.9 Å². The lowest BCUT2D eigenvalue weighted by Crippen LogP contribution is -2.05. The normalized spacial score (nSPS) is 11.0. The number of nitrogens with one attached hydrogen (secondary N) is 2. The van der Waals surface area contributed by atoms with E-state index in [0.717, 1.165) is 12.2 Å². The van der Waals surface area contributed by atoms with Crippen LogP contribution in [0.5, 0.6) is 0 Å². The number of para-hydroxylation sites is 1. The summed E-state index contributed by atoms with van der Waals surface area (Å²) < 4.78 is 2.25. The van der Waals surface area contributed by atoms with Gasteiger partial charge in [-0.2, -0.15) is 5.10 Å². The van der Waals surface area contributed by atoms with E-state index in [1.165, 1.54) is 22.2 Å². The van der Waals surface area contributed by atoms with Gasteiger partial charge < -0.3 is 9.88 Å². The van der Waals surface area contributed by atoms with Crippen LogP contribution in [0.3, 0.4) is 0 Å². The van der Waals surface area contributed by atoms with E-state index >= 15 is 0 Å². The molecule has 0 fully saturated rings. The van der Waals surface area contributed by atoms with E-state index in [0.29, 0.717) is 0 Å². The van der Waals surface area contributed by atoms with Crippen molar-refractivity contribution in [3.05, 3.63) is 47.9 Å². The summed E-state index contributed by atoms with van der Waals surface area (Å²) in [6, 6.07) is 8.49. The Labute approximate surface area is 106 Å². The highest BCUT2D eigenvalue weighted by Crippen LogP contribution is 2.24. The number of benzene rings is 1. The average Bonchev–Trinajstić information content (AvgIpc) is 2.98. The van der Waals surface area contributed by atoms with Crippen LogP contribution in [-0.4, -0.2) is 14.8 Å². The first-order chi connectivity index (χ1) is 8.77. The summed E-state index contributed by atoms with van der Waals surface area (Å²) in [4.78, 5) is 0. The molecule has 4 nitrogen and oxygen atoms in total. The molecule has 2 heterocycles. The van der Waals surface area contributed by atoms with Crippen LogP contribution in [-0.2, 0) is 13.6 Å². The van der Waals surface area contributed by atoms with Gasteiger partial charge >= 0.3 is 0 Å². The lowest BCUT2D eigenvalue weighted by Gasteiger charge is -2.07. The van der Waals surface area contributed by atoms with Gasteiger partial charge in [-0.3, -0.25) is 5.10 Å². The van der Waals surface area contributed by atoms with Crippen molar-refractivity contribution in [1.82, 2.24) is 14.8 Å². The molecule has 0 spiro atoms. The second-order valence-electron chi connectivity index (χ2n) is 4.49. The SMILES string of the molecule is Cc1c(CNc2cn[nH]c2)n(C)c2ccccc12. The van der Waals surface area contributed by atoms with Crippen molar-refractivity contribution in [2.24, 2.45) is 7.05 Å². The van der Waals surface area contributed by atoms with Gasteiger partial charge in [0.15, 0.2) is 0 Å². The quantitative estimate of drug-likeness (QED) is 0.739. The second kappa shape index (κ2) is 4.22. The maximum Gasteiger partial charge on any atom is 0.0726 e. The van der Waals surface area contributed by atoms with E-state index in [1.54, 1.807) is 6.20 Å². The van der Waals surface area contributed by atoms with Crippen molar-refractivity contribution in [2.75, 3.05) is 5.32 Å². The molecule has 3 aromatic rings. The van der Waals surface area contributed by atoms with Gasteiger partial charge in [-0.1, -0.05) is 18.2 Å². The number of hydrogen-bond donors (Lipinski definition) is 2. The van der Waals surface area contributed by atoms with E-state index in [-0.39, 0.29) is 0 Å². The first-order valence-corrected chi connectivity index (χ1v) is 6.03. The predicted octanol–water partition coefficient (Wildman–Crippen LogP) is 2.82. The highest BCUT2D eigenvalue weighted by molar-refractivity contribution is 5.85. The number of anilines is 1. The fourth-order valence-electron chi connectivity index (χ4n) is 2.42. The van der Waals surface area contributed by atoms with E-state index in [2.05, 4.69) is 58.3 Å². The number of nitrogens with zero attached hydrogens (tertiary/aromatic N) is 2. The van der Waals surface area contributed by atoms with Crippen molar-refractivity contribution in [3.63, 3.8) is 0 Å². The first-order valence-electron chi connectivity index (χ1n) is 6.03. The van der Waals surface area contributed by atoms with E-state index < -0.39 is 0 Å². The molecule has 0 unspecified atom stereocenters. The molecular weight excluding hydrogens is 224 g/mol. The first kappa shape index (κ1) is 10.9. The van der Waals surface area contributed by atoms with Crippen molar-refractivity contribution >= 4 is 16.6 Å². The minimum absolute atomic E-state index is 0.802. The molecule has 0 saturated carbocycles. The van der Waals surface area contributed by atoms with Crippen LogP contribution >= 0.6 is 0 Å². The Morgan fingerprint density at radius 2 is 2.17 bits per heavy atom. The Hall–Kier alpha value is -2.23. The van der Waals surface area contributed by atoms with E-state index in [9.17, 15) is 0 Å². The van der Waals surface area contributed by atoms with Crippen molar-refractivity contribution in [1.29, 1.82) is 0 Å². The standard InChI is InChI=1S/C14H16N4/c1-10-12-5-3-4-6-13(12)18(2)14(10)9-15-11-7-16-17-8-11/h3-8,15H,9H2,1-2H3,(H,16,17). The van der Waals surface area contributed by atoms with Gasteiger partial charge in [-0.05, 0) is 18.6 Å². The largest absolute Gasteiger partial charge is 0.377 e. The fourth-order valence-corrected chi connectivity index (χ4v) is 2.42. The highest BCUT2D eigenvalue weighted by atomic mass is 15.1. The number of fused-ring (bicyclic) bond motifs is 1. The van der Waals surface area contributed by atoms with Crippen molar-refractivity contribution in [3.8, 4) is 0 Å². The zero-order valence-electron chi connectivity index (χ0n) is 10.6. The van der Waals surface area contributed by atoms with Gasteiger partial charge in [0.1, 0.15) is 0 Å². The number of H-pyrrole nitrogens is 1. The van der Waals surface area contributed by atoms with Crippen LogP contribution in [0.4, 0.5) is 5.69 Å². The Bertz CT molecular complexity index is 625. The van der Waals surface area contributed by atoms with Gasteiger partial charge in [-0.15, -0.1) is 0 Å². The highest BCUT2D eigenvalue weighted by Gasteiger charge is 2.10. The number of aromatic nitrogens is 3. The maximum absolute atomic E-state index is 3.93. The van der Waals surface area contributed by atoms with Gasteiger partial charge in [0.25, 0.3) is 0 Å². The second-order valence-corrected chi connectivity index (χ2v) is 4.49. The molecule has 0 saturated heterocycles. The molecule has 92 valence electrons. The molecule has 4 heteroatoms. The van der Waals surface area contributed by atoms with Crippen LogP contribution in [0.15, 0.2) is 36.7 Å². The number of hydrogen-bond acceptors (Lipinski definition) is 2.